The summed E-state index contributed by atoms with van der Waals surface area (Å²) in [6.07, 6.45) is 2.12. The molecule has 31 heavy (non-hydrogen) atoms. The number of rotatable bonds is 5. The van der Waals surface area contributed by atoms with Crippen LogP contribution in [0.25, 0.3) is 0 Å². The van der Waals surface area contributed by atoms with Gasteiger partial charge in [0.05, 0.1) is 18.6 Å². The first-order chi connectivity index (χ1) is 15.2. The molecule has 2 aliphatic rings. The second-order valence-corrected chi connectivity index (χ2v) is 8.10. The number of ether oxygens (including phenoxy) is 2. The molecular formula is C25H27N3O3. The van der Waals surface area contributed by atoms with Gasteiger partial charge < -0.3 is 19.4 Å². The van der Waals surface area contributed by atoms with Gasteiger partial charge in [-0.1, -0.05) is 36.4 Å². The van der Waals surface area contributed by atoms with Crippen molar-refractivity contribution in [2.45, 2.75) is 25.6 Å². The molecule has 2 aliphatic heterocycles. The molecule has 0 spiro atoms. The second-order valence-electron chi connectivity index (χ2n) is 8.10. The average molecular weight is 418 g/mol. The molecule has 5 rings (SSSR count). The zero-order valence-corrected chi connectivity index (χ0v) is 17.7. The topological polar surface area (TPSA) is 55.7 Å². The van der Waals surface area contributed by atoms with E-state index < -0.39 is 0 Å². The van der Waals surface area contributed by atoms with Crippen molar-refractivity contribution in [2.24, 2.45) is 0 Å². The summed E-state index contributed by atoms with van der Waals surface area (Å²) >= 11 is 0. The molecule has 0 unspecified atom stereocenters. The zero-order chi connectivity index (χ0) is 21.2. The van der Waals surface area contributed by atoms with Crippen LogP contribution in [0.2, 0.25) is 0 Å². The highest BCUT2D eigenvalue weighted by molar-refractivity contribution is 5.78. The number of benzene rings is 2. The molecule has 0 saturated heterocycles. The molecule has 6 heteroatoms. The molecule has 3 aromatic rings. The monoisotopic (exact) mass is 417 g/mol. The Hall–Kier alpha value is -3.25. The van der Waals surface area contributed by atoms with Crippen molar-refractivity contribution in [3.63, 3.8) is 0 Å². The summed E-state index contributed by atoms with van der Waals surface area (Å²) in [5.74, 6) is 1.52. The number of amides is 1. The fourth-order valence-corrected chi connectivity index (χ4v) is 4.50. The minimum absolute atomic E-state index is 0.0170. The van der Waals surface area contributed by atoms with Crippen molar-refractivity contribution in [3.05, 3.63) is 83.7 Å². The number of aromatic nitrogens is 1. The van der Waals surface area contributed by atoms with E-state index in [-0.39, 0.29) is 18.0 Å². The minimum Gasteiger partial charge on any atom is -0.486 e. The first kappa shape index (κ1) is 19.7. The molecule has 0 radical (unpaired) electrons. The van der Waals surface area contributed by atoms with Gasteiger partial charge in [-0.25, -0.2) is 0 Å². The fraction of sp³-hybridized carbons (Fsp3) is 0.320. The molecule has 160 valence electrons. The van der Waals surface area contributed by atoms with E-state index in [4.69, 9.17) is 9.47 Å². The van der Waals surface area contributed by atoms with Crippen LogP contribution in [0.5, 0.6) is 11.5 Å². The Kier molecular flexibility index (Phi) is 5.38. The summed E-state index contributed by atoms with van der Waals surface area (Å²) < 4.78 is 13.6. The van der Waals surface area contributed by atoms with Gasteiger partial charge >= 0.3 is 0 Å². The molecule has 6 nitrogen and oxygen atoms in total. The van der Waals surface area contributed by atoms with E-state index in [9.17, 15) is 4.79 Å². The first-order valence-corrected chi connectivity index (χ1v) is 10.8. The third-order valence-electron chi connectivity index (χ3n) is 6.04. The van der Waals surface area contributed by atoms with Gasteiger partial charge in [-0.2, -0.15) is 0 Å². The minimum atomic E-state index is -0.118. The fourth-order valence-electron chi connectivity index (χ4n) is 4.50. The van der Waals surface area contributed by atoms with Crippen LogP contribution in [-0.2, 0) is 11.3 Å². The summed E-state index contributed by atoms with van der Waals surface area (Å²) in [6.45, 7) is 5.18. The van der Waals surface area contributed by atoms with Crippen LogP contribution >= 0.6 is 0 Å². The Morgan fingerprint density at radius 2 is 1.84 bits per heavy atom. The van der Waals surface area contributed by atoms with Gasteiger partial charge in [0.2, 0.25) is 5.91 Å². The smallest absolute Gasteiger partial charge is 0.234 e. The van der Waals surface area contributed by atoms with Crippen LogP contribution in [-0.4, -0.2) is 41.7 Å². The summed E-state index contributed by atoms with van der Waals surface area (Å²) in [5.41, 5.74) is 3.43. The molecule has 2 atom stereocenters. The average Bonchev–Trinajstić information content (AvgIpc) is 3.28. The van der Waals surface area contributed by atoms with Gasteiger partial charge in [-0.15, -0.1) is 0 Å². The van der Waals surface area contributed by atoms with E-state index in [1.807, 2.05) is 31.2 Å². The SMILES string of the molecule is C[C@H](NC(=O)CN1CCn2cccc2[C@H]1c1ccccc1)c1ccc2c(c1)OCCO2. The lowest BCUT2D eigenvalue weighted by molar-refractivity contribution is -0.123. The Morgan fingerprint density at radius 3 is 2.68 bits per heavy atom. The normalized spacial score (nSPS) is 18.8. The molecule has 0 fully saturated rings. The molecule has 0 aliphatic carbocycles. The summed E-state index contributed by atoms with van der Waals surface area (Å²) in [7, 11) is 0. The molecule has 1 aromatic heterocycles. The van der Waals surface area contributed by atoms with Gasteiger partial charge in [0.25, 0.3) is 0 Å². The van der Waals surface area contributed by atoms with Gasteiger partial charge in [-0.3, -0.25) is 9.69 Å². The quantitative estimate of drug-likeness (QED) is 0.690. The molecule has 2 aromatic carbocycles. The molecule has 0 saturated carbocycles. The van der Waals surface area contributed by atoms with Crippen molar-refractivity contribution < 1.29 is 14.3 Å². The number of nitrogens with zero attached hydrogens (tertiary/aromatic N) is 2. The number of hydrogen-bond acceptors (Lipinski definition) is 4. The Balaban J connectivity index is 1.30. The van der Waals surface area contributed by atoms with Gasteiger partial charge in [0, 0.05) is 25.0 Å². The van der Waals surface area contributed by atoms with E-state index in [1.54, 1.807) is 0 Å². The zero-order valence-electron chi connectivity index (χ0n) is 17.7. The number of nitrogens with one attached hydrogen (secondary N) is 1. The van der Waals surface area contributed by atoms with Crippen LogP contribution in [0.4, 0.5) is 0 Å². The van der Waals surface area contributed by atoms with Crippen LogP contribution in [0.1, 0.15) is 35.8 Å². The van der Waals surface area contributed by atoms with E-state index in [1.165, 1.54) is 11.3 Å². The van der Waals surface area contributed by atoms with E-state index in [2.05, 4.69) is 57.4 Å². The Labute approximate surface area is 182 Å². The third kappa shape index (κ3) is 4.03. The maximum atomic E-state index is 13.0. The van der Waals surface area contributed by atoms with Crippen molar-refractivity contribution in [3.8, 4) is 11.5 Å². The van der Waals surface area contributed by atoms with Crippen LogP contribution in [0.3, 0.4) is 0 Å². The van der Waals surface area contributed by atoms with Gasteiger partial charge in [-0.05, 0) is 42.3 Å². The lowest BCUT2D eigenvalue weighted by atomic mass is 10.00. The van der Waals surface area contributed by atoms with Crippen LogP contribution in [0, 0.1) is 0 Å². The maximum absolute atomic E-state index is 13.0. The van der Waals surface area contributed by atoms with Crippen molar-refractivity contribution in [1.29, 1.82) is 0 Å². The van der Waals surface area contributed by atoms with Crippen LogP contribution in [0.15, 0.2) is 66.9 Å². The Morgan fingerprint density at radius 1 is 1.03 bits per heavy atom. The molecule has 1 N–H and O–H groups in total. The predicted molar refractivity (Wildman–Crippen MR) is 118 cm³/mol. The number of fused-ring (bicyclic) bond motifs is 2. The second kappa shape index (κ2) is 8.47. The summed E-state index contributed by atoms with van der Waals surface area (Å²) in [4.78, 5) is 15.3. The molecule has 1 amide bonds. The lowest BCUT2D eigenvalue weighted by Crippen LogP contribution is -2.44. The highest BCUT2D eigenvalue weighted by Crippen LogP contribution is 2.33. The number of carbonyl (C=O) groups is 1. The van der Waals surface area contributed by atoms with Crippen molar-refractivity contribution in [1.82, 2.24) is 14.8 Å². The molecular weight excluding hydrogens is 390 g/mol. The number of hydrogen-bond donors (Lipinski definition) is 1. The van der Waals surface area contributed by atoms with E-state index >= 15 is 0 Å². The van der Waals surface area contributed by atoms with Gasteiger partial charge in [0.1, 0.15) is 13.2 Å². The highest BCUT2D eigenvalue weighted by Gasteiger charge is 2.30. The maximum Gasteiger partial charge on any atom is 0.234 e. The predicted octanol–water partition coefficient (Wildman–Crippen LogP) is 3.54. The van der Waals surface area contributed by atoms with Crippen molar-refractivity contribution >= 4 is 5.91 Å². The van der Waals surface area contributed by atoms with Crippen molar-refractivity contribution in [2.75, 3.05) is 26.3 Å². The number of carbonyl (C=O) groups excluding carboxylic acids is 1. The van der Waals surface area contributed by atoms with E-state index in [0.29, 0.717) is 19.8 Å². The first-order valence-electron chi connectivity index (χ1n) is 10.8. The lowest BCUT2D eigenvalue weighted by Gasteiger charge is -2.37. The summed E-state index contributed by atoms with van der Waals surface area (Å²) in [6, 6.07) is 20.4. The summed E-state index contributed by atoms with van der Waals surface area (Å²) in [5, 5.41) is 3.16. The highest BCUT2D eigenvalue weighted by atomic mass is 16.6. The standard InChI is InChI=1S/C25H27N3O3/c1-18(20-9-10-22-23(16-20)31-15-14-30-22)26-24(29)17-28-13-12-27-11-5-8-21(27)25(28)19-6-3-2-4-7-19/h2-11,16,18,25H,12-15,17H2,1H3,(H,26,29)/t18-,25+/m0/s1. The Bertz CT molecular complexity index is 1060. The van der Waals surface area contributed by atoms with Crippen LogP contribution < -0.4 is 14.8 Å². The largest absolute Gasteiger partial charge is 0.486 e. The van der Waals surface area contributed by atoms with E-state index in [0.717, 1.165) is 30.2 Å². The molecule has 0 bridgehead atoms. The molecule has 3 heterocycles. The van der Waals surface area contributed by atoms with Gasteiger partial charge in [0.15, 0.2) is 11.5 Å². The third-order valence-corrected chi connectivity index (χ3v) is 6.04.